The zero-order chi connectivity index (χ0) is 14.6. The Bertz CT molecular complexity index is 659. The van der Waals surface area contributed by atoms with Crippen molar-refractivity contribution in [1.82, 2.24) is 9.55 Å². The lowest BCUT2D eigenvalue weighted by Gasteiger charge is -2.13. The van der Waals surface area contributed by atoms with Crippen LogP contribution in [-0.2, 0) is 0 Å². The number of benzene rings is 1. The van der Waals surface area contributed by atoms with Gasteiger partial charge in [0.1, 0.15) is 17.3 Å². The molecular formula is C18H23N3. The molecule has 0 atom stereocenters. The number of aromatic nitrogens is 2. The third-order valence-corrected chi connectivity index (χ3v) is 4.67. The lowest BCUT2D eigenvalue weighted by Crippen LogP contribution is -2.08. The van der Waals surface area contributed by atoms with E-state index in [1.54, 1.807) is 0 Å². The molecule has 0 spiro atoms. The maximum atomic E-state index is 6.41. The number of rotatable bonds is 4. The summed E-state index contributed by atoms with van der Waals surface area (Å²) in [6.07, 6.45) is 5.19. The van der Waals surface area contributed by atoms with Crippen LogP contribution in [0.4, 0.5) is 5.82 Å². The first-order valence-electron chi connectivity index (χ1n) is 8.13. The molecule has 0 radical (unpaired) electrons. The first-order chi connectivity index (χ1) is 10.1. The Labute approximate surface area is 126 Å². The topological polar surface area (TPSA) is 43.8 Å². The summed E-state index contributed by atoms with van der Waals surface area (Å²) in [4.78, 5) is 4.89. The summed E-state index contributed by atoms with van der Waals surface area (Å²) in [5.74, 6) is 3.43. The maximum absolute atomic E-state index is 6.41. The average Bonchev–Trinajstić information content (AvgIpc) is 3.36. The number of imidazole rings is 1. The second-order valence-corrected chi connectivity index (χ2v) is 6.84. The second kappa shape index (κ2) is 4.62. The van der Waals surface area contributed by atoms with Crippen molar-refractivity contribution >= 4 is 5.82 Å². The van der Waals surface area contributed by atoms with Gasteiger partial charge in [0.25, 0.3) is 0 Å². The van der Waals surface area contributed by atoms with Crippen molar-refractivity contribution in [3.8, 4) is 11.3 Å². The number of hydrogen-bond donors (Lipinski definition) is 1. The SMILES string of the molecule is CC(C)n1c(C2CC2)nc(-c2ccc(C3CC3)cc2)c1N. The lowest BCUT2D eigenvalue weighted by atomic mass is 10.1. The van der Waals surface area contributed by atoms with Gasteiger partial charge in [-0.15, -0.1) is 0 Å². The normalized spacial score (nSPS) is 18.4. The van der Waals surface area contributed by atoms with E-state index >= 15 is 0 Å². The van der Waals surface area contributed by atoms with Crippen molar-refractivity contribution in [3.05, 3.63) is 35.7 Å². The van der Waals surface area contributed by atoms with Crippen molar-refractivity contribution in [1.29, 1.82) is 0 Å². The molecule has 0 unspecified atom stereocenters. The summed E-state index contributed by atoms with van der Waals surface area (Å²) < 4.78 is 2.22. The van der Waals surface area contributed by atoms with Gasteiger partial charge in [-0.2, -0.15) is 0 Å². The molecule has 2 aromatic rings. The summed E-state index contributed by atoms with van der Waals surface area (Å²) in [5, 5.41) is 0. The summed E-state index contributed by atoms with van der Waals surface area (Å²) in [7, 11) is 0. The van der Waals surface area contributed by atoms with Crippen LogP contribution >= 0.6 is 0 Å². The highest BCUT2D eigenvalue weighted by Crippen LogP contribution is 2.44. The number of anilines is 1. The van der Waals surface area contributed by atoms with Gasteiger partial charge >= 0.3 is 0 Å². The summed E-state index contributed by atoms with van der Waals surface area (Å²) in [6, 6.07) is 9.24. The van der Waals surface area contributed by atoms with Crippen LogP contribution in [0.25, 0.3) is 11.3 Å². The van der Waals surface area contributed by atoms with Gasteiger partial charge in [0, 0.05) is 17.5 Å². The van der Waals surface area contributed by atoms with E-state index in [0.29, 0.717) is 12.0 Å². The molecule has 2 fully saturated rings. The van der Waals surface area contributed by atoms with Gasteiger partial charge in [0.2, 0.25) is 0 Å². The first-order valence-corrected chi connectivity index (χ1v) is 8.13. The van der Waals surface area contributed by atoms with Crippen molar-refractivity contribution < 1.29 is 0 Å². The summed E-state index contributed by atoms with van der Waals surface area (Å²) in [5.41, 5.74) is 9.99. The molecular weight excluding hydrogens is 258 g/mol. The van der Waals surface area contributed by atoms with E-state index in [1.165, 1.54) is 37.1 Å². The standard InChI is InChI=1S/C18H23N3/c1-11(2)21-17(19)16(20-18(21)15-9-10-15)14-7-5-13(6-8-14)12-3-4-12/h5-8,11-12,15H,3-4,9-10,19H2,1-2H3. The van der Waals surface area contributed by atoms with Crippen LogP contribution in [-0.4, -0.2) is 9.55 Å². The Morgan fingerprint density at radius 1 is 1.05 bits per heavy atom. The van der Waals surface area contributed by atoms with E-state index in [4.69, 9.17) is 10.7 Å². The number of nitrogen functional groups attached to an aromatic ring is 1. The summed E-state index contributed by atoms with van der Waals surface area (Å²) >= 11 is 0. The Hall–Kier alpha value is -1.77. The quantitative estimate of drug-likeness (QED) is 0.898. The molecule has 2 N–H and O–H groups in total. The molecule has 0 amide bonds. The Balaban J connectivity index is 1.75. The van der Waals surface area contributed by atoms with Gasteiger partial charge in [0.15, 0.2) is 0 Å². The number of hydrogen-bond acceptors (Lipinski definition) is 2. The van der Waals surface area contributed by atoms with Crippen LogP contribution in [0.3, 0.4) is 0 Å². The Kier molecular flexibility index (Phi) is 2.84. The molecule has 1 aromatic carbocycles. The third-order valence-electron chi connectivity index (χ3n) is 4.67. The van der Waals surface area contributed by atoms with Gasteiger partial charge in [0.05, 0.1) is 0 Å². The molecule has 1 aromatic heterocycles. The van der Waals surface area contributed by atoms with Crippen LogP contribution in [0.5, 0.6) is 0 Å². The van der Waals surface area contributed by atoms with Gasteiger partial charge < -0.3 is 10.3 Å². The molecule has 3 nitrogen and oxygen atoms in total. The van der Waals surface area contributed by atoms with E-state index in [2.05, 4.69) is 42.7 Å². The third kappa shape index (κ3) is 2.25. The molecule has 21 heavy (non-hydrogen) atoms. The molecule has 110 valence electrons. The summed E-state index contributed by atoms with van der Waals surface area (Å²) in [6.45, 7) is 4.37. The molecule has 2 saturated carbocycles. The number of nitrogens with two attached hydrogens (primary N) is 1. The minimum atomic E-state index is 0.368. The number of nitrogens with zero attached hydrogens (tertiary/aromatic N) is 2. The zero-order valence-electron chi connectivity index (χ0n) is 12.8. The lowest BCUT2D eigenvalue weighted by molar-refractivity contribution is 0.576. The molecule has 0 aliphatic heterocycles. The van der Waals surface area contributed by atoms with Crippen LogP contribution in [0, 0.1) is 0 Å². The Morgan fingerprint density at radius 3 is 2.19 bits per heavy atom. The van der Waals surface area contributed by atoms with Gasteiger partial charge in [-0.25, -0.2) is 4.98 Å². The van der Waals surface area contributed by atoms with Crippen LogP contribution in [0.2, 0.25) is 0 Å². The van der Waals surface area contributed by atoms with E-state index in [1.807, 2.05) is 0 Å². The van der Waals surface area contributed by atoms with Crippen molar-refractivity contribution in [3.63, 3.8) is 0 Å². The Morgan fingerprint density at radius 2 is 1.67 bits per heavy atom. The van der Waals surface area contributed by atoms with Gasteiger partial charge in [-0.1, -0.05) is 24.3 Å². The van der Waals surface area contributed by atoms with Crippen molar-refractivity contribution in [2.75, 3.05) is 5.73 Å². The second-order valence-electron chi connectivity index (χ2n) is 6.84. The fourth-order valence-corrected chi connectivity index (χ4v) is 3.18. The molecule has 4 rings (SSSR count). The van der Waals surface area contributed by atoms with Gasteiger partial charge in [-0.3, -0.25) is 0 Å². The van der Waals surface area contributed by atoms with Crippen molar-refractivity contribution in [2.24, 2.45) is 0 Å². The molecule has 2 aliphatic carbocycles. The van der Waals surface area contributed by atoms with Crippen LogP contribution < -0.4 is 5.73 Å². The molecule has 0 saturated heterocycles. The van der Waals surface area contributed by atoms with Crippen LogP contribution in [0.1, 0.15) is 68.8 Å². The van der Waals surface area contributed by atoms with Crippen LogP contribution in [0.15, 0.2) is 24.3 Å². The maximum Gasteiger partial charge on any atom is 0.131 e. The highest BCUT2D eigenvalue weighted by molar-refractivity contribution is 5.71. The molecule has 3 heteroatoms. The minimum absolute atomic E-state index is 0.368. The fourth-order valence-electron chi connectivity index (χ4n) is 3.18. The van der Waals surface area contributed by atoms with E-state index < -0.39 is 0 Å². The predicted molar refractivity (Wildman–Crippen MR) is 86.4 cm³/mol. The average molecular weight is 281 g/mol. The fraction of sp³-hybridized carbons (Fsp3) is 0.500. The first kappa shape index (κ1) is 12.9. The molecule has 1 heterocycles. The monoisotopic (exact) mass is 281 g/mol. The van der Waals surface area contributed by atoms with E-state index in [-0.39, 0.29) is 0 Å². The van der Waals surface area contributed by atoms with E-state index in [0.717, 1.165) is 23.0 Å². The van der Waals surface area contributed by atoms with Gasteiger partial charge in [-0.05, 0) is 51.0 Å². The highest BCUT2D eigenvalue weighted by atomic mass is 15.2. The smallest absolute Gasteiger partial charge is 0.131 e. The minimum Gasteiger partial charge on any atom is -0.383 e. The predicted octanol–water partition coefficient (Wildman–Crippen LogP) is 4.47. The van der Waals surface area contributed by atoms with E-state index in [9.17, 15) is 0 Å². The zero-order valence-corrected chi connectivity index (χ0v) is 12.8. The molecule has 0 bridgehead atoms. The largest absolute Gasteiger partial charge is 0.383 e. The highest BCUT2D eigenvalue weighted by Gasteiger charge is 2.32. The van der Waals surface area contributed by atoms with Crippen molar-refractivity contribution in [2.45, 2.75) is 57.4 Å². The molecule has 2 aliphatic rings.